The summed E-state index contributed by atoms with van der Waals surface area (Å²) in [6, 6.07) is 9.68. The van der Waals surface area contributed by atoms with Gasteiger partial charge >= 0.3 is 5.97 Å². The van der Waals surface area contributed by atoms with Crippen molar-refractivity contribution in [2.75, 3.05) is 13.7 Å². The molecule has 0 saturated carbocycles. The van der Waals surface area contributed by atoms with E-state index >= 15 is 0 Å². The Morgan fingerprint density at radius 3 is 2.19 bits per heavy atom. The summed E-state index contributed by atoms with van der Waals surface area (Å²) in [4.78, 5) is 10.4. The predicted molar refractivity (Wildman–Crippen MR) is 64.5 cm³/mol. The Hall–Kier alpha value is -1.51. The Kier molecular flexibility index (Phi) is 9.08. The van der Waals surface area contributed by atoms with Gasteiger partial charge in [0.15, 0.2) is 0 Å². The van der Waals surface area contributed by atoms with E-state index in [9.17, 15) is 4.79 Å². The van der Waals surface area contributed by atoms with Crippen LogP contribution in [0.25, 0.3) is 0 Å². The molecule has 3 heteroatoms. The summed E-state index contributed by atoms with van der Waals surface area (Å²) in [5.74, 6) is 0.822. The lowest BCUT2D eigenvalue weighted by Crippen LogP contribution is -2.01. The normalized spacial score (nSPS) is 8.69. The number of carbonyl (C=O) groups is 1. The summed E-state index contributed by atoms with van der Waals surface area (Å²) in [6.45, 7) is 4.27. The molecule has 0 unspecified atom stereocenters. The molecule has 1 aromatic rings. The average molecular weight is 224 g/mol. The molecule has 0 saturated heterocycles. The van der Waals surface area contributed by atoms with Crippen LogP contribution in [-0.4, -0.2) is 19.7 Å². The highest BCUT2D eigenvalue weighted by molar-refractivity contribution is 5.69. The van der Waals surface area contributed by atoms with Crippen molar-refractivity contribution in [1.82, 2.24) is 0 Å². The zero-order valence-electron chi connectivity index (χ0n) is 10.2. The van der Waals surface area contributed by atoms with Gasteiger partial charge in [0.2, 0.25) is 0 Å². The summed E-state index contributed by atoms with van der Waals surface area (Å²) >= 11 is 0. The second-order valence-electron chi connectivity index (χ2n) is 3.07. The molecule has 1 aromatic carbocycles. The molecule has 0 aliphatic heterocycles. The lowest BCUT2D eigenvalue weighted by atomic mass is 10.3. The number of carbonyl (C=O) groups excluding carboxylic acids is 1. The van der Waals surface area contributed by atoms with Crippen molar-refractivity contribution >= 4 is 5.97 Å². The minimum absolute atomic E-state index is 0.0880. The first-order valence-electron chi connectivity index (χ1n) is 5.49. The fraction of sp³-hybridized carbons (Fsp3) is 0.462. The molecule has 3 nitrogen and oxygen atoms in total. The van der Waals surface area contributed by atoms with Gasteiger partial charge in [0.1, 0.15) is 5.75 Å². The highest BCUT2D eigenvalue weighted by atomic mass is 16.5. The minimum Gasteiger partial charge on any atom is -0.497 e. The zero-order valence-corrected chi connectivity index (χ0v) is 10.2. The largest absolute Gasteiger partial charge is 0.497 e. The SMILES string of the molecule is CCCC(=O)OCC.COc1ccccc1. The zero-order chi connectivity index (χ0) is 12.2. The Bertz CT molecular complexity index is 262. The van der Waals surface area contributed by atoms with Crippen LogP contribution in [-0.2, 0) is 9.53 Å². The van der Waals surface area contributed by atoms with Crippen LogP contribution in [0.2, 0.25) is 0 Å². The van der Waals surface area contributed by atoms with Crippen molar-refractivity contribution in [3.8, 4) is 5.75 Å². The number of hydrogen-bond donors (Lipinski definition) is 0. The van der Waals surface area contributed by atoms with E-state index in [1.165, 1.54) is 0 Å². The summed E-state index contributed by atoms with van der Waals surface area (Å²) in [6.07, 6.45) is 1.42. The van der Waals surface area contributed by atoms with Gasteiger partial charge < -0.3 is 9.47 Å². The van der Waals surface area contributed by atoms with Crippen molar-refractivity contribution in [1.29, 1.82) is 0 Å². The number of para-hydroxylation sites is 1. The molecule has 0 spiro atoms. The average Bonchev–Trinajstić information content (AvgIpc) is 2.32. The highest BCUT2D eigenvalue weighted by Crippen LogP contribution is 2.05. The lowest BCUT2D eigenvalue weighted by molar-refractivity contribution is -0.143. The summed E-state index contributed by atoms with van der Waals surface area (Å²) in [5.41, 5.74) is 0. The Morgan fingerprint density at radius 1 is 1.19 bits per heavy atom. The van der Waals surface area contributed by atoms with Gasteiger partial charge in [-0.25, -0.2) is 0 Å². The monoisotopic (exact) mass is 224 g/mol. The molecule has 0 atom stereocenters. The molecule has 0 radical (unpaired) electrons. The molecule has 0 heterocycles. The number of benzene rings is 1. The van der Waals surface area contributed by atoms with Crippen molar-refractivity contribution in [2.45, 2.75) is 26.7 Å². The Morgan fingerprint density at radius 2 is 1.81 bits per heavy atom. The van der Waals surface area contributed by atoms with Gasteiger partial charge in [-0.1, -0.05) is 25.1 Å². The smallest absolute Gasteiger partial charge is 0.305 e. The summed E-state index contributed by atoms with van der Waals surface area (Å²) in [5, 5.41) is 0. The number of esters is 1. The maximum absolute atomic E-state index is 10.4. The summed E-state index contributed by atoms with van der Waals surface area (Å²) in [7, 11) is 1.66. The fourth-order valence-electron chi connectivity index (χ4n) is 0.994. The molecular weight excluding hydrogens is 204 g/mol. The van der Waals surface area contributed by atoms with Crippen LogP contribution in [0.5, 0.6) is 5.75 Å². The molecule has 0 bridgehead atoms. The number of rotatable bonds is 4. The maximum atomic E-state index is 10.4. The standard InChI is InChI=1S/C7H8O.C6H12O2/c1-8-7-5-3-2-4-6-7;1-3-5-6(7)8-4-2/h2-6H,1H3;3-5H2,1-2H3. The molecule has 1 rings (SSSR count). The number of hydrogen-bond acceptors (Lipinski definition) is 3. The third kappa shape index (κ3) is 7.85. The molecule has 0 N–H and O–H groups in total. The molecule has 0 aliphatic rings. The van der Waals surface area contributed by atoms with Crippen molar-refractivity contribution < 1.29 is 14.3 Å². The maximum Gasteiger partial charge on any atom is 0.305 e. The highest BCUT2D eigenvalue weighted by Gasteiger charge is 1.95. The molecule has 90 valence electrons. The van der Waals surface area contributed by atoms with Gasteiger partial charge in [0, 0.05) is 6.42 Å². The van der Waals surface area contributed by atoms with Crippen molar-refractivity contribution in [3.63, 3.8) is 0 Å². The van der Waals surface area contributed by atoms with Gasteiger partial charge in [-0.2, -0.15) is 0 Å². The third-order valence-corrected chi connectivity index (χ3v) is 1.74. The van der Waals surface area contributed by atoms with E-state index in [2.05, 4.69) is 4.74 Å². The predicted octanol–water partition coefficient (Wildman–Crippen LogP) is 3.04. The molecule has 0 fully saturated rings. The van der Waals surface area contributed by atoms with Crippen LogP contribution in [0, 0.1) is 0 Å². The first-order chi connectivity index (χ1) is 7.74. The quantitative estimate of drug-likeness (QED) is 0.737. The van der Waals surface area contributed by atoms with Crippen LogP contribution in [0.4, 0.5) is 0 Å². The van der Waals surface area contributed by atoms with E-state index in [4.69, 9.17) is 4.74 Å². The van der Waals surface area contributed by atoms with E-state index in [1.807, 2.05) is 44.2 Å². The van der Waals surface area contributed by atoms with Crippen LogP contribution < -0.4 is 4.74 Å². The minimum atomic E-state index is -0.0880. The molecule has 0 aliphatic carbocycles. The summed E-state index contributed by atoms with van der Waals surface area (Å²) < 4.78 is 9.56. The molecule has 0 aromatic heterocycles. The lowest BCUT2D eigenvalue weighted by Gasteiger charge is -1.96. The van der Waals surface area contributed by atoms with E-state index in [1.54, 1.807) is 7.11 Å². The van der Waals surface area contributed by atoms with Crippen LogP contribution >= 0.6 is 0 Å². The van der Waals surface area contributed by atoms with Crippen LogP contribution in [0.15, 0.2) is 30.3 Å². The molecule has 16 heavy (non-hydrogen) atoms. The van der Waals surface area contributed by atoms with Crippen LogP contribution in [0.3, 0.4) is 0 Å². The fourth-order valence-corrected chi connectivity index (χ4v) is 0.994. The van der Waals surface area contributed by atoms with Crippen LogP contribution in [0.1, 0.15) is 26.7 Å². The second-order valence-corrected chi connectivity index (χ2v) is 3.07. The first-order valence-corrected chi connectivity index (χ1v) is 5.49. The van der Waals surface area contributed by atoms with Crippen molar-refractivity contribution in [3.05, 3.63) is 30.3 Å². The van der Waals surface area contributed by atoms with Gasteiger partial charge in [-0.3, -0.25) is 4.79 Å². The second kappa shape index (κ2) is 10.0. The van der Waals surface area contributed by atoms with Gasteiger partial charge in [0.25, 0.3) is 0 Å². The number of ether oxygens (including phenoxy) is 2. The molecule has 0 amide bonds. The van der Waals surface area contributed by atoms with E-state index in [-0.39, 0.29) is 5.97 Å². The van der Waals surface area contributed by atoms with Gasteiger partial charge in [0.05, 0.1) is 13.7 Å². The topological polar surface area (TPSA) is 35.5 Å². The molecular formula is C13H20O3. The van der Waals surface area contributed by atoms with Crippen molar-refractivity contribution in [2.24, 2.45) is 0 Å². The van der Waals surface area contributed by atoms with Gasteiger partial charge in [-0.05, 0) is 25.5 Å². The number of methoxy groups -OCH3 is 1. The Labute approximate surface area is 97.4 Å². The van der Waals surface area contributed by atoms with E-state index in [0.29, 0.717) is 13.0 Å². The van der Waals surface area contributed by atoms with E-state index in [0.717, 1.165) is 12.2 Å². The third-order valence-electron chi connectivity index (χ3n) is 1.74. The Balaban J connectivity index is 0.000000281. The first kappa shape index (κ1) is 14.5. The van der Waals surface area contributed by atoms with Gasteiger partial charge in [-0.15, -0.1) is 0 Å². The van der Waals surface area contributed by atoms with E-state index < -0.39 is 0 Å².